The van der Waals surface area contributed by atoms with Gasteiger partial charge in [-0.15, -0.1) is 0 Å². The summed E-state index contributed by atoms with van der Waals surface area (Å²) in [7, 11) is 0. The van der Waals surface area contributed by atoms with Crippen LogP contribution in [0.15, 0.2) is 21.7 Å². The maximum atomic E-state index is 11.9. The molecule has 9 heteroatoms. The van der Waals surface area contributed by atoms with Gasteiger partial charge in [-0.3, -0.25) is 14.5 Å². The molecule has 2 heterocycles. The van der Waals surface area contributed by atoms with E-state index in [0.29, 0.717) is 10.8 Å². The minimum atomic E-state index is -0.544. The zero-order valence-electron chi connectivity index (χ0n) is 12.1. The van der Waals surface area contributed by atoms with Crippen molar-refractivity contribution in [2.75, 3.05) is 24.2 Å². The van der Waals surface area contributed by atoms with Crippen LogP contribution in [-0.2, 0) is 19.1 Å². The summed E-state index contributed by atoms with van der Waals surface area (Å²) >= 11 is 1.19. The summed E-state index contributed by atoms with van der Waals surface area (Å²) in [6, 6.07) is 1.56. The molecule has 1 saturated heterocycles. The number of carbonyl (C=O) groups excluding carboxylic acids is 3. The Hall–Kier alpha value is -2.29. The lowest BCUT2D eigenvalue weighted by atomic mass is 10.4. The molecule has 1 aliphatic rings. The van der Waals surface area contributed by atoms with Crippen molar-refractivity contribution in [1.29, 1.82) is 0 Å². The fourth-order valence-electron chi connectivity index (χ4n) is 1.74. The molecule has 0 aliphatic carbocycles. The Morgan fingerprint density at radius 2 is 2.36 bits per heavy atom. The number of hydrogen-bond donors (Lipinski definition) is 1. The van der Waals surface area contributed by atoms with E-state index in [2.05, 4.69) is 10.5 Å². The van der Waals surface area contributed by atoms with Crippen molar-refractivity contribution in [3.05, 3.63) is 22.9 Å². The Balaban J connectivity index is 2.00. The Kier molecular flexibility index (Phi) is 5.21. The first-order valence-electron chi connectivity index (χ1n) is 6.54. The number of ether oxygens (including phenoxy) is 1. The van der Waals surface area contributed by atoms with Crippen LogP contribution in [0.3, 0.4) is 0 Å². The number of amides is 2. The molecule has 0 saturated carbocycles. The third-order valence-electron chi connectivity index (χ3n) is 2.64. The number of hydrogen-bond acceptors (Lipinski definition) is 7. The van der Waals surface area contributed by atoms with Crippen LogP contribution in [0.5, 0.6) is 0 Å². The smallest absolute Gasteiger partial charge is 0.333 e. The van der Waals surface area contributed by atoms with Crippen LogP contribution < -0.4 is 5.32 Å². The summed E-state index contributed by atoms with van der Waals surface area (Å²) in [6.45, 7) is 3.42. The van der Waals surface area contributed by atoms with Crippen molar-refractivity contribution in [3.63, 3.8) is 0 Å². The van der Waals surface area contributed by atoms with Gasteiger partial charge in [0.05, 0.1) is 23.5 Å². The predicted molar refractivity (Wildman–Crippen MR) is 78.8 cm³/mol. The van der Waals surface area contributed by atoms with Gasteiger partial charge in [0.2, 0.25) is 11.8 Å². The molecule has 1 aromatic heterocycles. The highest BCUT2D eigenvalue weighted by Gasteiger charge is 2.29. The SMILES string of the molecule is CCOC(=O)C=C1SCC(=O)N1CC(=O)Nc1cc(C)on1. The second-order valence-electron chi connectivity index (χ2n) is 4.37. The second kappa shape index (κ2) is 7.12. The molecule has 8 nitrogen and oxygen atoms in total. The van der Waals surface area contributed by atoms with Gasteiger partial charge >= 0.3 is 5.97 Å². The highest BCUT2D eigenvalue weighted by Crippen LogP contribution is 2.28. The number of nitrogens with zero attached hydrogens (tertiary/aromatic N) is 2. The number of nitrogens with one attached hydrogen (secondary N) is 1. The minimum absolute atomic E-state index is 0.182. The molecule has 0 unspecified atom stereocenters. The van der Waals surface area contributed by atoms with E-state index in [9.17, 15) is 14.4 Å². The summed E-state index contributed by atoms with van der Waals surface area (Å²) in [6.07, 6.45) is 1.21. The largest absolute Gasteiger partial charge is 0.463 e. The average molecular weight is 325 g/mol. The second-order valence-corrected chi connectivity index (χ2v) is 5.37. The molecular formula is C13H15N3O5S. The van der Waals surface area contributed by atoms with Crippen molar-refractivity contribution in [3.8, 4) is 0 Å². The first-order valence-corrected chi connectivity index (χ1v) is 7.53. The Labute approximate surface area is 130 Å². The van der Waals surface area contributed by atoms with E-state index in [1.807, 2.05) is 0 Å². The van der Waals surface area contributed by atoms with Gasteiger partial charge in [-0.2, -0.15) is 0 Å². The summed E-state index contributed by atoms with van der Waals surface area (Å²) < 4.78 is 9.64. The number of carbonyl (C=O) groups is 3. The standard InChI is InChI=1S/C13H15N3O5S/c1-3-20-13(19)5-12-16(11(18)7-22-12)6-10(17)14-9-4-8(2)21-15-9/h4-5H,3,6-7H2,1-2H3,(H,14,15,17). The molecule has 2 rings (SSSR count). The van der Waals surface area contributed by atoms with Gasteiger partial charge in [-0.1, -0.05) is 16.9 Å². The number of rotatable bonds is 5. The molecule has 1 fully saturated rings. The van der Waals surface area contributed by atoms with Crippen LogP contribution in [0, 0.1) is 6.92 Å². The number of esters is 1. The zero-order chi connectivity index (χ0) is 16.1. The van der Waals surface area contributed by atoms with Crippen LogP contribution in [0.1, 0.15) is 12.7 Å². The molecule has 0 aromatic carbocycles. The van der Waals surface area contributed by atoms with E-state index in [1.165, 1.54) is 22.7 Å². The predicted octanol–water partition coefficient (Wildman–Crippen LogP) is 0.901. The van der Waals surface area contributed by atoms with E-state index in [-0.39, 0.29) is 30.6 Å². The molecule has 0 radical (unpaired) electrons. The molecule has 2 amide bonds. The van der Waals surface area contributed by atoms with Crippen molar-refractivity contribution < 1.29 is 23.6 Å². The van der Waals surface area contributed by atoms with E-state index in [0.717, 1.165) is 0 Å². The summed E-state index contributed by atoms with van der Waals surface area (Å²) in [5, 5.41) is 6.55. The van der Waals surface area contributed by atoms with Gasteiger partial charge in [-0.05, 0) is 13.8 Å². The normalized spacial score (nSPS) is 16.2. The van der Waals surface area contributed by atoms with Gasteiger partial charge in [0.1, 0.15) is 12.3 Å². The number of aromatic nitrogens is 1. The fraction of sp³-hybridized carbons (Fsp3) is 0.385. The monoisotopic (exact) mass is 325 g/mol. The van der Waals surface area contributed by atoms with E-state index >= 15 is 0 Å². The van der Waals surface area contributed by atoms with E-state index in [1.54, 1.807) is 19.9 Å². The third-order valence-corrected chi connectivity index (χ3v) is 3.66. The van der Waals surface area contributed by atoms with Crippen molar-refractivity contribution in [2.45, 2.75) is 13.8 Å². The first-order chi connectivity index (χ1) is 10.5. The molecule has 22 heavy (non-hydrogen) atoms. The Bertz CT molecular complexity index is 625. The van der Waals surface area contributed by atoms with Crippen molar-refractivity contribution >= 4 is 35.4 Å². The topological polar surface area (TPSA) is 102 Å². The van der Waals surface area contributed by atoms with E-state index < -0.39 is 11.9 Å². The van der Waals surface area contributed by atoms with Crippen molar-refractivity contribution in [2.24, 2.45) is 0 Å². The van der Waals surface area contributed by atoms with Gasteiger partial charge in [0.15, 0.2) is 5.82 Å². The van der Waals surface area contributed by atoms with Crippen LogP contribution in [0.4, 0.5) is 5.82 Å². The lowest BCUT2D eigenvalue weighted by Gasteiger charge is -2.15. The van der Waals surface area contributed by atoms with Crippen LogP contribution in [0.2, 0.25) is 0 Å². The van der Waals surface area contributed by atoms with Gasteiger partial charge in [0.25, 0.3) is 0 Å². The van der Waals surface area contributed by atoms with Gasteiger partial charge in [0, 0.05) is 6.07 Å². The molecule has 1 N–H and O–H groups in total. The van der Waals surface area contributed by atoms with Crippen LogP contribution in [0.25, 0.3) is 0 Å². The first kappa shape index (κ1) is 16.1. The fourth-order valence-corrected chi connectivity index (χ4v) is 2.67. The summed E-state index contributed by atoms with van der Waals surface area (Å²) in [4.78, 5) is 36.5. The van der Waals surface area contributed by atoms with E-state index in [4.69, 9.17) is 9.26 Å². The van der Waals surface area contributed by atoms with Gasteiger partial charge in [-0.25, -0.2) is 4.79 Å². The minimum Gasteiger partial charge on any atom is -0.463 e. The number of thioether (sulfide) groups is 1. The quantitative estimate of drug-likeness (QED) is 0.634. The van der Waals surface area contributed by atoms with Gasteiger partial charge < -0.3 is 14.6 Å². The molecule has 0 bridgehead atoms. The molecular weight excluding hydrogens is 310 g/mol. The van der Waals surface area contributed by atoms with Crippen LogP contribution >= 0.6 is 11.8 Å². The van der Waals surface area contributed by atoms with Crippen LogP contribution in [-0.4, -0.2) is 46.7 Å². The highest BCUT2D eigenvalue weighted by molar-refractivity contribution is 8.04. The summed E-state index contributed by atoms with van der Waals surface area (Å²) in [5.41, 5.74) is 0. The Morgan fingerprint density at radius 1 is 1.59 bits per heavy atom. The molecule has 118 valence electrons. The maximum Gasteiger partial charge on any atom is 0.333 e. The molecule has 1 aliphatic heterocycles. The lowest BCUT2D eigenvalue weighted by molar-refractivity contribution is -0.137. The summed E-state index contributed by atoms with van der Waals surface area (Å²) in [5.74, 6) is -0.200. The Morgan fingerprint density at radius 3 is 3.00 bits per heavy atom. The molecule has 0 spiro atoms. The molecule has 1 aromatic rings. The third kappa shape index (κ3) is 4.10. The average Bonchev–Trinajstić information content (AvgIpc) is 2.99. The van der Waals surface area contributed by atoms with Crippen molar-refractivity contribution in [1.82, 2.24) is 10.1 Å². The zero-order valence-corrected chi connectivity index (χ0v) is 12.9. The molecule has 0 atom stereocenters. The highest BCUT2D eigenvalue weighted by atomic mass is 32.2. The lowest BCUT2D eigenvalue weighted by Crippen LogP contribution is -2.34. The number of anilines is 1. The maximum absolute atomic E-state index is 11.9. The number of aryl methyl sites for hydroxylation is 1.